The summed E-state index contributed by atoms with van der Waals surface area (Å²) in [6.45, 7) is 24.2. The second-order valence-corrected chi connectivity index (χ2v) is 23.7. The second-order valence-electron chi connectivity index (χ2n) is 23.7. The molecule has 0 atom stereocenters. The Morgan fingerprint density at radius 1 is 0.443 bits per heavy atom. The number of aryl methyl sites for hydroxylation is 2. The first-order chi connectivity index (χ1) is 33.5. The lowest BCUT2D eigenvalue weighted by molar-refractivity contribution is 0.332. The van der Waals surface area contributed by atoms with Gasteiger partial charge in [0.1, 0.15) is 5.58 Å². The summed E-state index contributed by atoms with van der Waals surface area (Å²) in [5, 5.41) is 2.27. The third kappa shape index (κ3) is 6.22. The minimum absolute atomic E-state index is 0.00253. The molecule has 0 amide bonds. The van der Waals surface area contributed by atoms with Crippen LogP contribution in [0.25, 0.3) is 21.9 Å². The fourth-order valence-corrected chi connectivity index (χ4v) is 13.7. The molecule has 2 aliphatic heterocycles. The molecule has 9 aromatic rings. The zero-order chi connectivity index (χ0) is 48.2. The molecule has 0 saturated carbocycles. The SMILES string of the molecule is Cc1cc2c3c(c1)N(c1cccc4c1oc1ccccc14)c1cc4c(cc1B3c1cc(N(c3ccccc3)c3ccccc3)ccc1N2c1cc2c(cc1C)C(C)(C)CCC2(C)C)C(C)(C)CC4(C)C. The number of para-hydroxylation sites is 4. The van der Waals surface area contributed by atoms with Gasteiger partial charge in [-0.05, 0) is 183 Å². The van der Waals surface area contributed by atoms with E-state index in [4.69, 9.17) is 4.42 Å². The molecule has 0 unspecified atom stereocenters. The highest BCUT2D eigenvalue weighted by atomic mass is 16.3. The molecule has 4 nitrogen and oxygen atoms in total. The fourth-order valence-electron chi connectivity index (χ4n) is 13.7. The van der Waals surface area contributed by atoms with Gasteiger partial charge in [0, 0.05) is 56.3 Å². The molecular formula is C65H62BN3O. The molecule has 3 heterocycles. The van der Waals surface area contributed by atoms with Crippen molar-refractivity contribution < 1.29 is 4.42 Å². The summed E-state index contributed by atoms with van der Waals surface area (Å²) in [6.07, 6.45) is 3.42. The molecule has 13 rings (SSSR count). The predicted octanol–water partition coefficient (Wildman–Crippen LogP) is 16.1. The van der Waals surface area contributed by atoms with Crippen molar-refractivity contribution in [1.29, 1.82) is 0 Å². The number of hydrogen-bond acceptors (Lipinski definition) is 4. The van der Waals surface area contributed by atoms with E-state index in [1.807, 2.05) is 0 Å². The highest BCUT2D eigenvalue weighted by Crippen LogP contribution is 2.55. The van der Waals surface area contributed by atoms with E-state index in [0.717, 1.165) is 57.5 Å². The third-order valence-electron chi connectivity index (χ3n) is 17.0. The highest BCUT2D eigenvalue weighted by Gasteiger charge is 2.49. The largest absolute Gasteiger partial charge is 0.454 e. The van der Waals surface area contributed by atoms with Crippen molar-refractivity contribution in [2.45, 2.75) is 110 Å². The van der Waals surface area contributed by atoms with E-state index in [0.29, 0.717) is 0 Å². The van der Waals surface area contributed by atoms with E-state index in [2.05, 4.69) is 242 Å². The van der Waals surface area contributed by atoms with Crippen LogP contribution in [0.5, 0.6) is 0 Å². The molecular weight excluding hydrogens is 850 g/mol. The van der Waals surface area contributed by atoms with Gasteiger partial charge in [-0.1, -0.05) is 134 Å². The average Bonchev–Trinajstić information content (AvgIpc) is 3.80. The first-order valence-corrected chi connectivity index (χ1v) is 25.5. The number of anilines is 9. The Hall–Kier alpha value is -6.98. The van der Waals surface area contributed by atoms with Crippen LogP contribution in [0.3, 0.4) is 0 Å². The zero-order valence-electron chi connectivity index (χ0n) is 42.5. The quantitative estimate of drug-likeness (QED) is 0.161. The van der Waals surface area contributed by atoms with Gasteiger partial charge in [-0.15, -0.1) is 0 Å². The van der Waals surface area contributed by atoms with Gasteiger partial charge in [0.05, 0.1) is 5.69 Å². The fraction of sp³-hybridized carbons (Fsp3) is 0.262. The normalized spacial score (nSPS) is 17.5. The summed E-state index contributed by atoms with van der Waals surface area (Å²) in [6, 6.07) is 59.6. The van der Waals surface area contributed by atoms with E-state index >= 15 is 0 Å². The molecule has 0 fully saturated rings. The lowest BCUT2D eigenvalue weighted by atomic mass is 9.33. The molecule has 2 aliphatic carbocycles. The molecule has 346 valence electrons. The van der Waals surface area contributed by atoms with E-state index in [9.17, 15) is 0 Å². The molecule has 0 bridgehead atoms. The Morgan fingerprint density at radius 2 is 0.986 bits per heavy atom. The molecule has 1 aromatic heterocycles. The number of furan rings is 1. The van der Waals surface area contributed by atoms with Gasteiger partial charge in [0.15, 0.2) is 5.58 Å². The summed E-state index contributed by atoms with van der Waals surface area (Å²) in [4.78, 5) is 7.66. The van der Waals surface area contributed by atoms with Crippen molar-refractivity contribution in [3.05, 3.63) is 191 Å². The van der Waals surface area contributed by atoms with Crippen molar-refractivity contribution in [2.75, 3.05) is 14.7 Å². The maximum atomic E-state index is 6.98. The summed E-state index contributed by atoms with van der Waals surface area (Å²) < 4.78 is 6.98. The molecule has 0 N–H and O–H groups in total. The van der Waals surface area contributed by atoms with Crippen molar-refractivity contribution in [2.24, 2.45) is 0 Å². The Bertz CT molecular complexity index is 3600. The van der Waals surface area contributed by atoms with Crippen LogP contribution >= 0.6 is 0 Å². The van der Waals surface area contributed by atoms with Gasteiger partial charge in [-0.3, -0.25) is 0 Å². The van der Waals surface area contributed by atoms with Crippen LogP contribution in [0, 0.1) is 13.8 Å². The first-order valence-electron chi connectivity index (χ1n) is 25.5. The van der Waals surface area contributed by atoms with Crippen LogP contribution in [0.15, 0.2) is 162 Å². The Kier molecular flexibility index (Phi) is 9.09. The van der Waals surface area contributed by atoms with Gasteiger partial charge in [0.25, 0.3) is 6.71 Å². The number of hydrogen-bond donors (Lipinski definition) is 0. The first kappa shape index (κ1) is 43.1. The maximum Gasteiger partial charge on any atom is 0.252 e. The van der Waals surface area contributed by atoms with E-state index in [1.165, 1.54) is 84.6 Å². The molecule has 0 radical (unpaired) electrons. The highest BCUT2D eigenvalue weighted by molar-refractivity contribution is 7.00. The summed E-state index contributed by atoms with van der Waals surface area (Å²) in [7, 11) is 0. The molecule has 0 saturated heterocycles. The van der Waals surface area contributed by atoms with E-state index in [1.54, 1.807) is 0 Å². The van der Waals surface area contributed by atoms with Crippen LogP contribution in [0.4, 0.5) is 51.2 Å². The van der Waals surface area contributed by atoms with Crippen LogP contribution in [0.2, 0.25) is 0 Å². The lowest BCUT2D eigenvalue weighted by Crippen LogP contribution is -2.61. The summed E-state index contributed by atoms with van der Waals surface area (Å²) in [5.74, 6) is 0. The van der Waals surface area contributed by atoms with Gasteiger partial charge >= 0.3 is 0 Å². The smallest absolute Gasteiger partial charge is 0.252 e. The standard InChI is InChI=1S/C65H62BN3O/c1-40-32-57-60-58(33-40)69(54-26-19-25-46-45-24-17-18-27-59(45)70-61(46)54)56-38-50-48(64(7,8)39-65(50,9)10)36-52(56)66(60)51-35-44(67(42-20-13-11-14-21-42)43-22-15-12-16-23-43)28-29-53(51)68(57)55-37-49-47(34-41(55)2)62(3,4)30-31-63(49,5)6/h11-29,32-38H,30-31,39H2,1-10H3. The maximum absolute atomic E-state index is 6.98. The van der Waals surface area contributed by atoms with Crippen molar-refractivity contribution in [3.8, 4) is 0 Å². The third-order valence-corrected chi connectivity index (χ3v) is 17.0. The van der Waals surface area contributed by atoms with Crippen LogP contribution < -0.4 is 31.1 Å². The van der Waals surface area contributed by atoms with Crippen molar-refractivity contribution in [3.63, 3.8) is 0 Å². The average molecular weight is 912 g/mol. The Balaban J connectivity index is 1.16. The lowest BCUT2D eigenvalue weighted by Gasteiger charge is -2.46. The summed E-state index contributed by atoms with van der Waals surface area (Å²) in [5.41, 5.74) is 24.9. The molecule has 70 heavy (non-hydrogen) atoms. The van der Waals surface area contributed by atoms with Gasteiger partial charge in [0.2, 0.25) is 0 Å². The summed E-state index contributed by atoms with van der Waals surface area (Å²) >= 11 is 0. The number of fused-ring (bicyclic) bond motifs is 9. The number of rotatable bonds is 5. The van der Waals surface area contributed by atoms with Crippen LogP contribution in [-0.2, 0) is 21.7 Å². The molecule has 0 spiro atoms. The zero-order valence-corrected chi connectivity index (χ0v) is 42.5. The minimum atomic E-state index is -0.0653. The molecule has 5 heteroatoms. The van der Waals surface area contributed by atoms with Gasteiger partial charge in [-0.2, -0.15) is 0 Å². The van der Waals surface area contributed by atoms with Crippen molar-refractivity contribution >= 4 is 96.2 Å². The molecule has 4 aliphatic rings. The monoisotopic (exact) mass is 911 g/mol. The van der Waals surface area contributed by atoms with E-state index in [-0.39, 0.29) is 28.4 Å². The Morgan fingerprint density at radius 3 is 1.66 bits per heavy atom. The Labute approximate surface area is 414 Å². The van der Waals surface area contributed by atoms with Crippen LogP contribution in [0.1, 0.15) is 108 Å². The second kappa shape index (κ2) is 14.8. The van der Waals surface area contributed by atoms with Gasteiger partial charge < -0.3 is 19.1 Å². The minimum Gasteiger partial charge on any atom is -0.454 e. The number of nitrogens with zero attached hydrogens (tertiary/aromatic N) is 3. The number of benzene rings is 8. The van der Waals surface area contributed by atoms with E-state index < -0.39 is 0 Å². The van der Waals surface area contributed by atoms with Gasteiger partial charge in [-0.25, -0.2) is 0 Å². The van der Waals surface area contributed by atoms with Crippen molar-refractivity contribution in [1.82, 2.24) is 0 Å². The van der Waals surface area contributed by atoms with Crippen LogP contribution in [-0.4, -0.2) is 6.71 Å². The predicted molar refractivity (Wildman–Crippen MR) is 298 cm³/mol. The molecule has 8 aromatic carbocycles. The topological polar surface area (TPSA) is 22.9 Å².